The molecule has 1 aliphatic rings. The van der Waals surface area contributed by atoms with E-state index in [0.717, 1.165) is 30.6 Å². The highest BCUT2D eigenvalue weighted by molar-refractivity contribution is 7.09. The molecule has 2 atom stereocenters. The van der Waals surface area contributed by atoms with Gasteiger partial charge in [0.25, 0.3) is 0 Å². The summed E-state index contributed by atoms with van der Waals surface area (Å²) in [6.07, 6.45) is 1.15. The van der Waals surface area contributed by atoms with E-state index in [-0.39, 0.29) is 0 Å². The lowest BCUT2D eigenvalue weighted by atomic mass is 10.0. The van der Waals surface area contributed by atoms with Crippen LogP contribution in [0.5, 0.6) is 0 Å². The molecule has 5 heteroatoms. The molecule has 1 aliphatic heterocycles. The standard InChI is InChI=1S/C9H15N3OS/c1-3-7-4-13-5-8(7)11-9-10-6(2)12-14-9/h7-8H,3-5H2,1-2H3,(H,10,11,12). The molecule has 0 aliphatic carbocycles. The summed E-state index contributed by atoms with van der Waals surface area (Å²) in [5.41, 5.74) is 0. The summed E-state index contributed by atoms with van der Waals surface area (Å²) in [6.45, 7) is 5.76. The van der Waals surface area contributed by atoms with Gasteiger partial charge < -0.3 is 10.1 Å². The van der Waals surface area contributed by atoms with Crippen LogP contribution < -0.4 is 5.32 Å². The van der Waals surface area contributed by atoms with Crippen LogP contribution in [0, 0.1) is 12.8 Å². The normalized spacial score (nSPS) is 26.7. The molecule has 0 aromatic carbocycles. The second-order valence-electron chi connectivity index (χ2n) is 3.60. The molecule has 1 saturated heterocycles. The Labute approximate surface area is 87.9 Å². The van der Waals surface area contributed by atoms with Crippen LogP contribution in [0.3, 0.4) is 0 Å². The minimum Gasteiger partial charge on any atom is -0.379 e. The quantitative estimate of drug-likeness (QED) is 0.830. The van der Waals surface area contributed by atoms with Gasteiger partial charge in [-0.1, -0.05) is 6.92 Å². The smallest absolute Gasteiger partial charge is 0.202 e. The van der Waals surface area contributed by atoms with Gasteiger partial charge in [-0.05, 0) is 13.3 Å². The Kier molecular flexibility index (Phi) is 2.98. The first-order valence-corrected chi connectivity index (χ1v) is 5.71. The van der Waals surface area contributed by atoms with Crippen LogP contribution in [0.4, 0.5) is 5.13 Å². The molecule has 1 N–H and O–H groups in total. The second kappa shape index (κ2) is 4.23. The third kappa shape index (κ3) is 2.04. The van der Waals surface area contributed by atoms with Crippen molar-refractivity contribution in [2.75, 3.05) is 18.5 Å². The second-order valence-corrected chi connectivity index (χ2v) is 4.36. The molecule has 2 heterocycles. The van der Waals surface area contributed by atoms with E-state index in [0.29, 0.717) is 12.0 Å². The minimum atomic E-state index is 0.410. The average molecular weight is 213 g/mol. The third-order valence-electron chi connectivity index (χ3n) is 2.56. The van der Waals surface area contributed by atoms with E-state index in [9.17, 15) is 0 Å². The SMILES string of the molecule is CCC1COCC1Nc1nc(C)ns1. The molecular weight excluding hydrogens is 198 g/mol. The zero-order valence-corrected chi connectivity index (χ0v) is 9.30. The van der Waals surface area contributed by atoms with E-state index in [2.05, 4.69) is 21.6 Å². The number of ether oxygens (including phenoxy) is 1. The molecule has 0 saturated carbocycles. The maximum atomic E-state index is 5.43. The lowest BCUT2D eigenvalue weighted by molar-refractivity contribution is 0.184. The Bertz CT molecular complexity index is 302. The molecule has 2 unspecified atom stereocenters. The number of aryl methyl sites for hydroxylation is 1. The largest absolute Gasteiger partial charge is 0.379 e. The van der Waals surface area contributed by atoms with Crippen LogP contribution in [-0.2, 0) is 4.74 Å². The van der Waals surface area contributed by atoms with Crippen molar-refractivity contribution in [3.63, 3.8) is 0 Å². The molecule has 1 aromatic rings. The average Bonchev–Trinajstić information content (AvgIpc) is 2.76. The fraction of sp³-hybridized carbons (Fsp3) is 0.778. The zero-order chi connectivity index (χ0) is 9.97. The van der Waals surface area contributed by atoms with Crippen molar-refractivity contribution in [1.29, 1.82) is 0 Å². The predicted molar refractivity (Wildman–Crippen MR) is 56.7 cm³/mol. The first-order chi connectivity index (χ1) is 6.79. The number of rotatable bonds is 3. The topological polar surface area (TPSA) is 47.0 Å². The highest BCUT2D eigenvalue weighted by Gasteiger charge is 2.27. The molecule has 0 amide bonds. The molecule has 14 heavy (non-hydrogen) atoms. The van der Waals surface area contributed by atoms with Gasteiger partial charge in [0.2, 0.25) is 5.13 Å². The predicted octanol–water partition coefficient (Wildman–Crippen LogP) is 1.68. The monoisotopic (exact) mass is 213 g/mol. The number of aromatic nitrogens is 2. The van der Waals surface area contributed by atoms with Gasteiger partial charge in [-0.25, -0.2) is 4.98 Å². The van der Waals surface area contributed by atoms with Crippen molar-refractivity contribution in [2.24, 2.45) is 5.92 Å². The summed E-state index contributed by atoms with van der Waals surface area (Å²) in [7, 11) is 0. The van der Waals surface area contributed by atoms with Gasteiger partial charge in [-0.15, -0.1) is 0 Å². The molecule has 2 rings (SSSR count). The fourth-order valence-electron chi connectivity index (χ4n) is 1.67. The van der Waals surface area contributed by atoms with Crippen molar-refractivity contribution in [1.82, 2.24) is 9.36 Å². The van der Waals surface area contributed by atoms with Gasteiger partial charge in [-0.2, -0.15) is 4.37 Å². The van der Waals surface area contributed by atoms with Gasteiger partial charge in [0, 0.05) is 17.5 Å². The van der Waals surface area contributed by atoms with Crippen LogP contribution in [0.2, 0.25) is 0 Å². The maximum absolute atomic E-state index is 5.43. The van der Waals surface area contributed by atoms with Gasteiger partial charge in [0.1, 0.15) is 5.82 Å². The number of hydrogen-bond acceptors (Lipinski definition) is 5. The van der Waals surface area contributed by atoms with E-state index in [4.69, 9.17) is 4.74 Å². The van der Waals surface area contributed by atoms with Crippen LogP contribution >= 0.6 is 11.5 Å². The minimum absolute atomic E-state index is 0.410. The van der Waals surface area contributed by atoms with Crippen molar-refractivity contribution in [3.8, 4) is 0 Å². The lowest BCUT2D eigenvalue weighted by Crippen LogP contribution is -2.27. The van der Waals surface area contributed by atoms with Crippen molar-refractivity contribution >= 4 is 16.7 Å². The highest BCUT2D eigenvalue weighted by atomic mass is 32.1. The van der Waals surface area contributed by atoms with Gasteiger partial charge in [-0.3, -0.25) is 0 Å². The van der Waals surface area contributed by atoms with Gasteiger partial charge in [0.15, 0.2) is 0 Å². The van der Waals surface area contributed by atoms with E-state index >= 15 is 0 Å². The lowest BCUT2D eigenvalue weighted by Gasteiger charge is -2.15. The van der Waals surface area contributed by atoms with E-state index in [1.165, 1.54) is 11.5 Å². The summed E-state index contributed by atoms with van der Waals surface area (Å²) in [4.78, 5) is 4.28. The first-order valence-electron chi connectivity index (χ1n) is 4.94. The Hall–Kier alpha value is -0.680. The Morgan fingerprint density at radius 1 is 1.57 bits per heavy atom. The summed E-state index contributed by atoms with van der Waals surface area (Å²) in [5, 5.41) is 4.30. The maximum Gasteiger partial charge on any atom is 0.202 e. The molecule has 0 radical (unpaired) electrons. The molecule has 4 nitrogen and oxygen atoms in total. The number of hydrogen-bond donors (Lipinski definition) is 1. The molecule has 1 fully saturated rings. The third-order valence-corrected chi connectivity index (χ3v) is 3.30. The number of nitrogens with one attached hydrogen (secondary N) is 1. The summed E-state index contributed by atoms with van der Waals surface area (Å²) >= 11 is 1.42. The van der Waals surface area contributed by atoms with Crippen LogP contribution in [0.15, 0.2) is 0 Å². The van der Waals surface area contributed by atoms with Crippen molar-refractivity contribution in [2.45, 2.75) is 26.3 Å². The summed E-state index contributed by atoms with van der Waals surface area (Å²) in [5.74, 6) is 1.45. The van der Waals surface area contributed by atoms with Crippen LogP contribution in [0.25, 0.3) is 0 Å². The van der Waals surface area contributed by atoms with Gasteiger partial charge >= 0.3 is 0 Å². The van der Waals surface area contributed by atoms with Gasteiger partial charge in [0.05, 0.1) is 19.3 Å². The Balaban J connectivity index is 1.96. The molecule has 0 bridgehead atoms. The molecule has 1 aromatic heterocycles. The van der Waals surface area contributed by atoms with Crippen LogP contribution in [0.1, 0.15) is 19.2 Å². The van der Waals surface area contributed by atoms with E-state index in [1.54, 1.807) is 0 Å². The summed E-state index contributed by atoms with van der Waals surface area (Å²) < 4.78 is 9.57. The first kappa shape index (κ1) is 9.86. The molecular formula is C9H15N3OS. The Morgan fingerprint density at radius 3 is 3.07 bits per heavy atom. The summed E-state index contributed by atoms with van der Waals surface area (Å²) in [6, 6.07) is 0.410. The van der Waals surface area contributed by atoms with Crippen molar-refractivity contribution < 1.29 is 4.74 Å². The Morgan fingerprint density at radius 2 is 2.43 bits per heavy atom. The highest BCUT2D eigenvalue weighted by Crippen LogP contribution is 2.22. The van der Waals surface area contributed by atoms with E-state index in [1.807, 2.05) is 6.92 Å². The number of nitrogens with zero attached hydrogens (tertiary/aromatic N) is 2. The number of anilines is 1. The van der Waals surface area contributed by atoms with Crippen molar-refractivity contribution in [3.05, 3.63) is 5.82 Å². The molecule has 0 spiro atoms. The molecule has 78 valence electrons. The fourth-order valence-corrected chi connectivity index (χ4v) is 2.31. The van der Waals surface area contributed by atoms with E-state index < -0.39 is 0 Å². The van der Waals surface area contributed by atoms with Crippen LogP contribution in [-0.4, -0.2) is 28.6 Å². The zero-order valence-electron chi connectivity index (χ0n) is 8.49.